The van der Waals surface area contributed by atoms with Crippen LogP contribution < -0.4 is 0 Å². The van der Waals surface area contributed by atoms with Gasteiger partial charge >= 0.3 is 0 Å². The fraction of sp³-hybridized carbons (Fsp3) is 0.133. The molecule has 0 saturated carbocycles. The number of hydrogen-bond donors (Lipinski definition) is 0. The average molecular weight is 312 g/mol. The second-order valence-corrected chi connectivity index (χ2v) is 6.64. The van der Waals surface area contributed by atoms with Crippen molar-refractivity contribution in [3.8, 4) is 11.1 Å². The molecule has 0 saturated heterocycles. The van der Waals surface area contributed by atoms with Crippen LogP contribution in [0.5, 0.6) is 0 Å². The van der Waals surface area contributed by atoms with E-state index in [-0.39, 0.29) is 0 Å². The van der Waals surface area contributed by atoms with Crippen LogP contribution in [0.15, 0.2) is 47.2 Å². The normalized spacial score (nSPS) is 11.5. The molecule has 0 bridgehead atoms. The van der Waals surface area contributed by atoms with Gasteiger partial charge in [-0.2, -0.15) is 0 Å². The van der Waals surface area contributed by atoms with Crippen molar-refractivity contribution in [3.05, 3.63) is 42.0 Å². The quantitative estimate of drug-likeness (QED) is 0.534. The molecule has 6 heteroatoms. The van der Waals surface area contributed by atoms with Gasteiger partial charge in [0.1, 0.15) is 11.2 Å². The zero-order valence-corrected chi connectivity index (χ0v) is 13.0. The molecule has 104 valence electrons. The van der Waals surface area contributed by atoms with E-state index in [1.807, 2.05) is 16.8 Å². The number of thioether (sulfide) groups is 1. The Labute approximate surface area is 129 Å². The Morgan fingerprint density at radius 2 is 2.05 bits per heavy atom. The maximum atomic E-state index is 4.56. The fourth-order valence-electron chi connectivity index (χ4n) is 2.38. The number of nitrogens with zero attached hydrogens (tertiary/aromatic N) is 4. The third kappa shape index (κ3) is 2.02. The van der Waals surface area contributed by atoms with Gasteiger partial charge in [0, 0.05) is 10.9 Å². The van der Waals surface area contributed by atoms with Gasteiger partial charge in [-0.05, 0) is 11.3 Å². The van der Waals surface area contributed by atoms with Crippen molar-refractivity contribution >= 4 is 39.0 Å². The van der Waals surface area contributed by atoms with Crippen LogP contribution in [-0.4, -0.2) is 25.3 Å². The predicted molar refractivity (Wildman–Crippen MR) is 88.0 cm³/mol. The van der Waals surface area contributed by atoms with E-state index in [4.69, 9.17) is 0 Å². The monoisotopic (exact) mass is 312 g/mol. The molecule has 4 rings (SSSR count). The fourth-order valence-corrected chi connectivity index (χ4v) is 3.92. The Bertz CT molecular complexity index is 911. The Morgan fingerprint density at radius 1 is 1.19 bits per heavy atom. The third-order valence-electron chi connectivity index (χ3n) is 3.31. The van der Waals surface area contributed by atoms with Crippen LogP contribution in [0.3, 0.4) is 0 Å². The van der Waals surface area contributed by atoms with Crippen LogP contribution in [-0.2, 0) is 0 Å². The molecule has 4 nitrogen and oxygen atoms in total. The van der Waals surface area contributed by atoms with Crippen LogP contribution >= 0.6 is 23.1 Å². The third-order valence-corrected chi connectivity index (χ3v) is 5.02. The molecule has 0 radical (unpaired) electrons. The molecule has 3 aromatic heterocycles. The van der Waals surface area contributed by atoms with Crippen molar-refractivity contribution in [2.45, 2.75) is 12.1 Å². The Hall–Kier alpha value is -1.92. The van der Waals surface area contributed by atoms with E-state index in [0.29, 0.717) is 0 Å². The lowest BCUT2D eigenvalue weighted by Crippen LogP contribution is -1.90. The average Bonchev–Trinajstić information content (AvgIpc) is 3.12. The topological polar surface area (TPSA) is 43.1 Å². The highest BCUT2D eigenvalue weighted by Gasteiger charge is 2.15. The highest BCUT2D eigenvalue weighted by molar-refractivity contribution is 7.99. The summed E-state index contributed by atoms with van der Waals surface area (Å²) in [5.74, 6) is 0.966. The molecule has 0 N–H and O–H groups in total. The first-order valence-corrected chi connectivity index (χ1v) is 8.54. The lowest BCUT2D eigenvalue weighted by molar-refractivity contribution is 0.908. The smallest absolute Gasteiger partial charge is 0.196 e. The van der Waals surface area contributed by atoms with E-state index in [1.54, 1.807) is 23.1 Å². The minimum Gasteiger partial charge on any atom is -0.260 e. The summed E-state index contributed by atoms with van der Waals surface area (Å²) in [5, 5.41) is 12.8. The molecule has 21 heavy (non-hydrogen) atoms. The summed E-state index contributed by atoms with van der Waals surface area (Å²) in [6.45, 7) is 2.11. The summed E-state index contributed by atoms with van der Waals surface area (Å²) in [4.78, 5) is 5.56. The first-order valence-electron chi connectivity index (χ1n) is 6.67. The molecule has 0 aliphatic heterocycles. The molecule has 0 spiro atoms. The molecule has 0 fully saturated rings. The Balaban J connectivity index is 2.03. The number of fused-ring (bicyclic) bond motifs is 3. The molecule has 0 aliphatic rings. The van der Waals surface area contributed by atoms with Crippen molar-refractivity contribution < 1.29 is 0 Å². The Kier molecular flexibility index (Phi) is 3.12. The number of thiophene rings is 1. The van der Waals surface area contributed by atoms with Gasteiger partial charge in [-0.3, -0.25) is 4.40 Å². The summed E-state index contributed by atoms with van der Waals surface area (Å²) in [7, 11) is 0. The molecule has 1 aromatic carbocycles. The first kappa shape index (κ1) is 12.8. The van der Waals surface area contributed by atoms with Crippen molar-refractivity contribution in [1.29, 1.82) is 0 Å². The largest absolute Gasteiger partial charge is 0.260 e. The second kappa shape index (κ2) is 5.13. The van der Waals surface area contributed by atoms with Crippen molar-refractivity contribution in [2.75, 3.05) is 5.75 Å². The van der Waals surface area contributed by atoms with E-state index < -0.39 is 0 Å². The summed E-state index contributed by atoms with van der Waals surface area (Å²) in [5.41, 5.74) is 3.25. The molecule has 0 aliphatic carbocycles. The molecule has 3 heterocycles. The maximum absolute atomic E-state index is 4.56. The van der Waals surface area contributed by atoms with Crippen LogP contribution in [0.4, 0.5) is 0 Å². The first-order chi connectivity index (χ1) is 10.4. The van der Waals surface area contributed by atoms with Crippen LogP contribution in [0.25, 0.3) is 27.0 Å². The van der Waals surface area contributed by atoms with Gasteiger partial charge in [0.25, 0.3) is 0 Å². The number of aromatic nitrogens is 4. The second-order valence-electron chi connectivity index (χ2n) is 4.55. The van der Waals surface area contributed by atoms with Gasteiger partial charge in [0.2, 0.25) is 0 Å². The van der Waals surface area contributed by atoms with Crippen LogP contribution in [0, 0.1) is 0 Å². The van der Waals surface area contributed by atoms with Gasteiger partial charge < -0.3 is 0 Å². The SMILES string of the molecule is CCSc1nnc2c3c(-c4ccccc4)csc3ncn12. The molecular formula is C15H12N4S2. The molecular weight excluding hydrogens is 300 g/mol. The molecule has 0 atom stereocenters. The van der Waals surface area contributed by atoms with Gasteiger partial charge in [0.05, 0.1) is 5.39 Å². The molecule has 0 unspecified atom stereocenters. The number of benzene rings is 1. The maximum Gasteiger partial charge on any atom is 0.196 e. The van der Waals surface area contributed by atoms with E-state index in [1.165, 1.54) is 11.1 Å². The van der Waals surface area contributed by atoms with Gasteiger partial charge in [-0.25, -0.2) is 4.98 Å². The van der Waals surface area contributed by atoms with Crippen molar-refractivity contribution in [3.63, 3.8) is 0 Å². The molecule has 0 amide bonds. The molecule has 4 aromatic rings. The van der Waals surface area contributed by atoms with Crippen molar-refractivity contribution in [2.24, 2.45) is 0 Å². The summed E-state index contributed by atoms with van der Waals surface area (Å²) < 4.78 is 1.98. The highest BCUT2D eigenvalue weighted by atomic mass is 32.2. The Morgan fingerprint density at radius 3 is 2.86 bits per heavy atom. The summed E-state index contributed by atoms with van der Waals surface area (Å²) >= 11 is 3.32. The highest BCUT2D eigenvalue weighted by Crippen LogP contribution is 2.35. The zero-order valence-electron chi connectivity index (χ0n) is 11.4. The summed E-state index contributed by atoms with van der Waals surface area (Å²) in [6.07, 6.45) is 1.82. The minimum absolute atomic E-state index is 0.885. The van der Waals surface area contributed by atoms with Gasteiger partial charge in [-0.1, -0.05) is 49.0 Å². The van der Waals surface area contributed by atoms with Gasteiger partial charge in [0.15, 0.2) is 10.8 Å². The van der Waals surface area contributed by atoms with E-state index in [0.717, 1.165) is 26.8 Å². The predicted octanol–water partition coefficient (Wildman–Crippen LogP) is 4.12. The van der Waals surface area contributed by atoms with Crippen LogP contribution in [0.1, 0.15) is 6.92 Å². The lowest BCUT2D eigenvalue weighted by atomic mass is 10.1. The zero-order chi connectivity index (χ0) is 14.2. The number of rotatable bonds is 3. The minimum atomic E-state index is 0.885. The summed E-state index contributed by atoms with van der Waals surface area (Å²) in [6, 6.07) is 10.4. The standard InChI is InChI=1S/C15H12N4S2/c1-2-20-15-18-17-13-12-11(10-6-4-3-5-7-10)8-21-14(12)16-9-19(13)15/h3-9H,2H2,1H3. The number of hydrogen-bond acceptors (Lipinski definition) is 5. The van der Waals surface area contributed by atoms with E-state index >= 15 is 0 Å². The van der Waals surface area contributed by atoms with E-state index in [9.17, 15) is 0 Å². The van der Waals surface area contributed by atoms with E-state index in [2.05, 4.69) is 51.8 Å². The van der Waals surface area contributed by atoms with Crippen molar-refractivity contribution in [1.82, 2.24) is 19.6 Å². The lowest BCUT2D eigenvalue weighted by Gasteiger charge is -2.01. The van der Waals surface area contributed by atoms with Gasteiger partial charge in [-0.15, -0.1) is 21.5 Å². The van der Waals surface area contributed by atoms with Crippen LogP contribution in [0.2, 0.25) is 0 Å².